The van der Waals surface area contributed by atoms with Gasteiger partial charge in [0.1, 0.15) is 4.88 Å². The third kappa shape index (κ3) is 3.60. The molecule has 3 nitrogen and oxygen atoms in total. The summed E-state index contributed by atoms with van der Waals surface area (Å²) < 4.78 is 0. The monoisotopic (exact) mass is 308 g/mol. The zero-order chi connectivity index (χ0) is 12.3. The third-order valence-corrected chi connectivity index (χ3v) is 4.54. The van der Waals surface area contributed by atoms with Crippen LogP contribution in [0, 0.1) is 5.92 Å². The summed E-state index contributed by atoms with van der Waals surface area (Å²) >= 11 is 7.41. The van der Waals surface area contributed by atoms with Crippen molar-refractivity contribution >= 4 is 41.3 Å². The molecule has 1 fully saturated rings. The molecular formula is C12H18Cl2N2OS. The Morgan fingerprint density at radius 3 is 2.72 bits per heavy atom. The van der Waals surface area contributed by atoms with Crippen molar-refractivity contribution in [3.8, 4) is 0 Å². The molecule has 0 radical (unpaired) electrons. The number of nitrogens with one attached hydrogen (secondary N) is 1. The molecule has 0 unspecified atom stereocenters. The normalized spacial score (nSPS) is 16.4. The van der Waals surface area contributed by atoms with Gasteiger partial charge in [-0.05, 0) is 43.8 Å². The van der Waals surface area contributed by atoms with Crippen molar-refractivity contribution in [2.45, 2.75) is 12.8 Å². The molecule has 0 aliphatic carbocycles. The first-order valence-electron chi connectivity index (χ1n) is 5.89. The van der Waals surface area contributed by atoms with Gasteiger partial charge in [0, 0.05) is 13.1 Å². The number of hydrogen-bond donors (Lipinski definition) is 1. The van der Waals surface area contributed by atoms with E-state index in [9.17, 15) is 4.79 Å². The molecule has 1 N–H and O–H groups in total. The maximum atomic E-state index is 12.2. The zero-order valence-electron chi connectivity index (χ0n) is 10.3. The van der Waals surface area contributed by atoms with E-state index < -0.39 is 0 Å². The fourth-order valence-corrected chi connectivity index (χ4v) is 3.32. The molecule has 1 amide bonds. The molecule has 1 aromatic heterocycles. The number of carbonyl (C=O) groups is 1. The fourth-order valence-electron chi connectivity index (χ4n) is 2.22. The molecule has 6 heteroatoms. The molecular weight excluding hydrogens is 291 g/mol. The molecule has 1 saturated heterocycles. The highest BCUT2D eigenvalue weighted by Gasteiger charge is 2.24. The first kappa shape index (κ1) is 15.8. The van der Waals surface area contributed by atoms with Crippen LogP contribution in [0.1, 0.15) is 22.5 Å². The Labute approximate surface area is 123 Å². The van der Waals surface area contributed by atoms with Crippen LogP contribution in [0.15, 0.2) is 11.4 Å². The van der Waals surface area contributed by atoms with Gasteiger partial charge < -0.3 is 10.2 Å². The number of hydrogen-bond acceptors (Lipinski definition) is 3. The molecule has 1 aliphatic heterocycles. The Morgan fingerprint density at radius 2 is 2.22 bits per heavy atom. The Kier molecular flexibility index (Phi) is 6.43. The number of halogens is 2. The van der Waals surface area contributed by atoms with Crippen LogP contribution in [0.4, 0.5) is 0 Å². The molecule has 2 heterocycles. The predicted octanol–water partition coefficient (Wildman–Crippen LogP) is 2.89. The largest absolute Gasteiger partial charge is 0.338 e. The lowest BCUT2D eigenvalue weighted by Gasteiger charge is -2.31. The first-order chi connectivity index (χ1) is 8.22. The molecule has 0 spiro atoms. The van der Waals surface area contributed by atoms with Crippen molar-refractivity contribution in [2.24, 2.45) is 5.92 Å². The molecule has 102 valence electrons. The van der Waals surface area contributed by atoms with Crippen LogP contribution in [0.5, 0.6) is 0 Å². The molecule has 0 aromatic carbocycles. The summed E-state index contributed by atoms with van der Waals surface area (Å²) in [5.41, 5.74) is 0. The summed E-state index contributed by atoms with van der Waals surface area (Å²) in [6.07, 6.45) is 2.16. The number of piperidine rings is 1. The van der Waals surface area contributed by atoms with Crippen LogP contribution in [0.3, 0.4) is 0 Å². The van der Waals surface area contributed by atoms with E-state index in [2.05, 4.69) is 5.32 Å². The molecule has 0 bridgehead atoms. The van der Waals surface area contributed by atoms with Gasteiger partial charge in [0.05, 0.1) is 5.02 Å². The van der Waals surface area contributed by atoms with E-state index in [4.69, 9.17) is 11.6 Å². The van der Waals surface area contributed by atoms with Crippen LogP contribution in [-0.2, 0) is 0 Å². The molecule has 1 aliphatic rings. The standard InChI is InChI=1S/C12H17ClN2OS.ClH/c1-14-8-9-2-5-15(6-3-9)12(16)11-10(13)4-7-17-11;/h4,7,9,14H,2-3,5-6,8H2,1H3;1H. The number of nitrogens with zero attached hydrogens (tertiary/aromatic N) is 1. The van der Waals surface area contributed by atoms with E-state index in [-0.39, 0.29) is 18.3 Å². The molecule has 1 aromatic rings. The lowest BCUT2D eigenvalue weighted by Crippen LogP contribution is -2.40. The molecule has 2 rings (SSSR count). The Balaban J connectivity index is 0.00000162. The Bertz CT molecular complexity index is 389. The van der Waals surface area contributed by atoms with Gasteiger partial charge in [-0.3, -0.25) is 4.79 Å². The average Bonchev–Trinajstić information content (AvgIpc) is 2.76. The minimum absolute atomic E-state index is 0. The van der Waals surface area contributed by atoms with Gasteiger partial charge in [-0.1, -0.05) is 11.6 Å². The summed E-state index contributed by atoms with van der Waals surface area (Å²) in [6.45, 7) is 2.74. The van der Waals surface area contributed by atoms with Crippen molar-refractivity contribution in [1.29, 1.82) is 0 Å². The quantitative estimate of drug-likeness (QED) is 0.931. The van der Waals surface area contributed by atoms with Gasteiger partial charge in [0.15, 0.2) is 0 Å². The highest BCUT2D eigenvalue weighted by Crippen LogP contribution is 2.26. The second-order valence-corrected chi connectivity index (χ2v) is 5.71. The van der Waals surface area contributed by atoms with E-state index in [1.54, 1.807) is 6.07 Å². The third-order valence-electron chi connectivity index (χ3n) is 3.21. The number of rotatable bonds is 3. The van der Waals surface area contributed by atoms with Crippen LogP contribution < -0.4 is 5.32 Å². The highest BCUT2D eigenvalue weighted by molar-refractivity contribution is 7.12. The van der Waals surface area contributed by atoms with Crippen molar-refractivity contribution in [3.05, 3.63) is 21.3 Å². The summed E-state index contributed by atoms with van der Waals surface area (Å²) in [4.78, 5) is 14.8. The van der Waals surface area contributed by atoms with Gasteiger partial charge in [-0.2, -0.15) is 0 Å². The lowest BCUT2D eigenvalue weighted by atomic mass is 9.97. The number of amides is 1. The summed E-state index contributed by atoms with van der Waals surface area (Å²) in [5.74, 6) is 0.788. The second-order valence-electron chi connectivity index (χ2n) is 4.39. The van der Waals surface area contributed by atoms with Crippen LogP contribution in [0.2, 0.25) is 5.02 Å². The molecule has 18 heavy (non-hydrogen) atoms. The minimum Gasteiger partial charge on any atom is -0.338 e. The second kappa shape index (κ2) is 7.34. The topological polar surface area (TPSA) is 32.3 Å². The smallest absolute Gasteiger partial charge is 0.265 e. The maximum absolute atomic E-state index is 12.2. The first-order valence-corrected chi connectivity index (χ1v) is 7.15. The van der Waals surface area contributed by atoms with Crippen LogP contribution >= 0.6 is 35.3 Å². The van der Waals surface area contributed by atoms with Crippen LogP contribution in [0.25, 0.3) is 0 Å². The zero-order valence-corrected chi connectivity index (χ0v) is 12.7. The number of likely N-dealkylation sites (tertiary alicyclic amines) is 1. The highest BCUT2D eigenvalue weighted by atomic mass is 35.5. The van der Waals surface area contributed by atoms with Crippen LogP contribution in [-0.4, -0.2) is 37.5 Å². The minimum atomic E-state index is 0. The van der Waals surface area contributed by atoms with Gasteiger partial charge in [0.2, 0.25) is 0 Å². The molecule has 0 atom stereocenters. The summed E-state index contributed by atoms with van der Waals surface area (Å²) in [6, 6.07) is 1.78. The summed E-state index contributed by atoms with van der Waals surface area (Å²) in [7, 11) is 1.98. The number of carbonyl (C=O) groups excluding carboxylic acids is 1. The SMILES string of the molecule is CNCC1CCN(C(=O)c2sccc2Cl)CC1.Cl. The van der Waals surface area contributed by atoms with Crippen molar-refractivity contribution in [2.75, 3.05) is 26.7 Å². The van der Waals surface area contributed by atoms with Crippen molar-refractivity contribution < 1.29 is 4.79 Å². The van der Waals surface area contributed by atoms with E-state index in [1.165, 1.54) is 11.3 Å². The van der Waals surface area contributed by atoms with E-state index in [0.29, 0.717) is 15.8 Å². The average molecular weight is 309 g/mol. The van der Waals surface area contributed by atoms with Gasteiger partial charge in [0.25, 0.3) is 5.91 Å². The Hall–Kier alpha value is -0.290. The van der Waals surface area contributed by atoms with Crippen molar-refractivity contribution in [3.63, 3.8) is 0 Å². The molecule has 0 saturated carbocycles. The van der Waals surface area contributed by atoms with E-state index >= 15 is 0 Å². The van der Waals surface area contributed by atoms with Gasteiger partial charge in [-0.25, -0.2) is 0 Å². The maximum Gasteiger partial charge on any atom is 0.265 e. The van der Waals surface area contributed by atoms with Gasteiger partial charge in [-0.15, -0.1) is 23.7 Å². The van der Waals surface area contributed by atoms with Crippen molar-refractivity contribution in [1.82, 2.24) is 10.2 Å². The van der Waals surface area contributed by atoms with E-state index in [1.807, 2.05) is 17.3 Å². The number of thiophene rings is 1. The fraction of sp³-hybridized carbons (Fsp3) is 0.583. The Morgan fingerprint density at radius 1 is 1.56 bits per heavy atom. The summed E-state index contributed by atoms with van der Waals surface area (Å²) in [5, 5.41) is 5.64. The van der Waals surface area contributed by atoms with E-state index in [0.717, 1.165) is 32.5 Å². The predicted molar refractivity (Wildman–Crippen MR) is 79.1 cm³/mol. The lowest BCUT2D eigenvalue weighted by molar-refractivity contribution is 0.0696. The van der Waals surface area contributed by atoms with Gasteiger partial charge >= 0.3 is 0 Å².